The van der Waals surface area contributed by atoms with Gasteiger partial charge in [-0.25, -0.2) is 4.98 Å². The van der Waals surface area contributed by atoms with Gasteiger partial charge in [-0.1, -0.05) is 6.07 Å². The van der Waals surface area contributed by atoms with E-state index in [4.69, 9.17) is 0 Å². The molecule has 74 valence electrons. The van der Waals surface area contributed by atoms with E-state index in [1.54, 1.807) is 18.3 Å². The Morgan fingerprint density at radius 2 is 2.29 bits per heavy atom. The monoisotopic (exact) mass is 207 g/mol. The number of aromatic nitrogens is 1. The number of hydrogen-bond acceptors (Lipinski definition) is 3. The van der Waals surface area contributed by atoms with Crippen LogP contribution in [0, 0.1) is 6.92 Å². The Labute approximate surface area is 87.2 Å². The highest BCUT2D eigenvalue weighted by atomic mass is 32.1. The predicted octanol–water partition coefficient (Wildman–Crippen LogP) is 2.53. The summed E-state index contributed by atoms with van der Waals surface area (Å²) in [5.74, 6) is 0. The Kier molecular flexibility index (Phi) is 2.52. The number of aliphatic hydroxyl groups is 1. The van der Waals surface area contributed by atoms with Crippen molar-refractivity contribution in [2.45, 2.75) is 26.4 Å². The largest absolute Gasteiger partial charge is 0.393 e. The van der Waals surface area contributed by atoms with Crippen LogP contribution in [0.4, 0.5) is 0 Å². The minimum Gasteiger partial charge on any atom is -0.393 e. The SMILES string of the molecule is Cc1ccc2nc(CC(C)O)sc2c1. The summed E-state index contributed by atoms with van der Waals surface area (Å²) < 4.78 is 1.21. The third-order valence-corrected chi connectivity index (χ3v) is 3.10. The van der Waals surface area contributed by atoms with Gasteiger partial charge in [0.05, 0.1) is 21.3 Å². The Morgan fingerprint density at radius 1 is 1.50 bits per heavy atom. The summed E-state index contributed by atoms with van der Waals surface area (Å²) in [6, 6.07) is 6.24. The molecule has 1 heterocycles. The molecule has 0 aliphatic heterocycles. The van der Waals surface area contributed by atoms with Crippen LogP contribution in [0.2, 0.25) is 0 Å². The van der Waals surface area contributed by atoms with Crippen molar-refractivity contribution in [2.24, 2.45) is 0 Å². The standard InChI is InChI=1S/C11H13NOS/c1-7-3-4-9-10(5-7)14-11(12-9)6-8(2)13/h3-5,8,13H,6H2,1-2H3. The number of fused-ring (bicyclic) bond motifs is 1. The van der Waals surface area contributed by atoms with Gasteiger partial charge in [-0.2, -0.15) is 0 Å². The summed E-state index contributed by atoms with van der Waals surface area (Å²) in [6.07, 6.45) is 0.343. The second kappa shape index (κ2) is 3.67. The van der Waals surface area contributed by atoms with E-state index in [0.29, 0.717) is 6.42 Å². The first-order valence-electron chi connectivity index (χ1n) is 4.69. The smallest absolute Gasteiger partial charge is 0.0964 e. The second-order valence-corrected chi connectivity index (χ2v) is 4.75. The number of rotatable bonds is 2. The first-order valence-corrected chi connectivity index (χ1v) is 5.51. The van der Waals surface area contributed by atoms with Crippen molar-refractivity contribution in [3.63, 3.8) is 0 Å². The molecule has 0 spiro atoms. The zero-order valence-corrected chi connectivity index (χ0v) is 9.14. The first-order chi connectivity index (χ1) is 6.65. The molecule has 2 aromatic rings. The molecule has 0 bridgehead atoms. The van der Waals surface area contributed by atoms with Gasteiger partial charge in [0.15, 0.2) is 0 Å². The third-order valence-electron chi connectivity index (χ3n) is 2.06. The second-order valence-electron chi connectivity index (χ2n) is 3.63. The average molecular weight is 207 g/mol. The molecule has 0 amide bonds. The van der Waals surface area contributed by atoms with Crippen LogP contribution >= 0.6 is 11.3 Å². The molecule has 3 heteroatoms. The molecule has 14 heavy (non-hydrogen) atoms. The number of thiazole rings is 1. The molecule has 0 fully saturated rings. The molecule has 0 saturated heterocycles. The van der Waals surface area contributed by atoms with Gasteiger partial charge in [0, 0.05) is 6.42 Å². The summed E-state index contributed by atoms with van der Waals surface area (Å²) in [4.78, 5) is 4.45. The molecule has 0 saturated carbocycles. The Morgan fingerprint density at radius 3 is 3.00 bits per heavy atom. The lowest BCUT2D eigenvalue weighted by molar-refractivity contribution is 0.195. The number of aliphatic hydroxyl groups excluding tert-OH is 1. The lowest BCUT2D eigenvalue weighted by Crippen LogP contribution is -2.03. The lowest BCUT2D eigenvalue weighted by Gasteiger charge is -1.97. The number of aryl methyl sites for hydroxylation is 1. The molecule has 1 unspecified atom stereocenters. The normalized spacial score (nSPS) is 13.4. The summed E-state index contributed by atoms with van der Waals surface area (Å²) >= 11 is 1.67. The summed E-state index contributed by atoms with van der Waals surface area (Å²) in [6.45, 7) is 3.87. The van der Waals surface area contributed by atoms with Gasteiger partial charge in [0.1, 0.15) is 0 Å². The fourth-order valence-electron chi connectivity index (χ4n) is 1.42. The van der Waals surface area contributed by atoms with E-state index in [2.05, 4.69) is 24.0 Å². The van der Waals surface area contributed by atoms with Crippen LogP contribution in [0.15, 0.2) is 18.2 Å². The van der Waals surface area contributed by atoms with Crippen molar-refractivity contribution >= 4 is 21.6 Å². The van der Waals surface area contributed by atoms with Gasteiger partial charge >= 0.3 is 0 Å². The van der Waals surface area contributed by atoms with E-state index in [0.717, 1.165) is 10.5 Å². The quantitative estimate of drug-likeness (QED) is 0.821. The maximum Gasteiger partial charge on any atom is 0.0964 e. The average Bonchev–Trinajstić information content (AvgIpc) is 2.44. The van der Waals surface area contributed by atoms with E-state index in [9.17, 15) is 5.11 Å². The van der Waals surface area contributed by atoms with E-state index in [-0.39, 0.29) is 6.10 Å². The van der Waals surface area contributed by atoms with Gasteiger partial charge < -0.3 is 5.11 Å². The molecular weight excluding hydrogens is 194 g/mol. The molecule has 1 aromatic heterocycles. The molecule has 1 atom stereocenters. The Bertz CT molecular complexity index is 447. The fourth-order valence-corrected chi connectivity index (χ4v) is 2.61. The maximum absolute atomic E-state index is 9.25. The molecular formula is C11H13NOS. The van der Waals surface area contributed by atoms with Gasteiger partial charge in [0.25, 0.3) is 0 Å². The highest BCUT2D eigenvalue weighted by Gasteiger charge is 2.06. The first kappa shape index (κ1) is 9.62. The van der Waals surface area contributed by atoms with Crippen LogP contribution in [0.1, 0.15) is 17.5 Å². The lowest BCUT2D eigenvalue weighted by atomic mass is 10.2. The van der Waals surface area contributed by atoms with Crippen LogP contribution in [-0.4, -0.2) is 16.2 Å². The van der Waals surface area contributed by atoms with Gasteiger partial charge in [-0.3, -0.25) is 0 Å². The highest BCUT2D eigenvalue weighted by Crippen LogP contribution is 2.23. The Hall–Kier alpha value is -0.930. The van der Waals surface area contributed by atoms with E-state index < -0.39 is 0 Å². The molecule has 1 N–H and O–H groups in total. The van der Waals surface area contributed by atoms with Gasteiger partial charge in [0.2, 0.25) is 0 Å². The molecule has 0 aliphatic rings. The van der Waals surface area contributed by atoms with Crippen molar-refractivity contribution in [3.05, 3.63) is 28.8 Å². The third kappa shape index (κ3) is 1.94. The Balaban J connectivity index is 2.41. The van der Waals surface area contributed by atoms with E-state index in [1.165, 1.54) is 10.3 Å². The zero-order valence-electron chi connectivity index (χ0n) is 8.32. The molecule has 2 nitrogen and oxygen atoms in total. The van der Waals surface area contributed by atoms with Crippen molar-refractivity contribution in [1.82, 2.24) is 4.98 Å². The molecule has 2 rings (SSSR count). The minimum absolute atomic E-state index is 0.309. The number of nitrogens with zero attached hydrogens (tertiary/aromatic N) is 1. The summed E-state index contributed by atoms with van der Waals surface area (Å²) in [5, 5.41) is 10.3. The van der Waals surface area contributed by atoms with Crippen molar-refractivity contribution in [3.8, 4) is 0 Å². The zero-order chi connectivity index (χ0) is 10.1. The van der Waals surface area contributed by atoms with E-state index >= 15 is 0 Å². The van der Waals surface area contributed by atoms with E-state index in [1.807, 2.05) is 6.07 Å². The maximum atomic E-state index is 9.25. The van der Waals surface area contributed by atoms with Crippen LogP contribution in [0.3, 0.4) is 0 Å². The van der Waals surface area contributed by atoms with Gasteiger partial charge in [-0.05, 0) is 31.5 Å². The van der Waals surface area contributed by atoms with Crippen molar-refractivity contribution in [1.29, 1.82) is 0 Å². The fraction of sp³-hybridized carbons (Fsp3) is 0.364. The molecule has 1 aromatic carbocycles. The molecule has 0 radical (unpaired) electrons. The van der Waals surface area contributed by atoms with Crippen LogP contribution < -0.4 is 0 Å². The van der Waals surface area contributed by atoms with Crippen molar-refractivity contribution < 1.29 is 5.11 Å². The van der Waals surface area contributed by atoms with Gasteiger partial charge in [-0.15, -0.1) is 11.3 Å². The predicted molar refractivity (Wildman–Crippen MR) is 59.7 cm³/mol. The summed E-state index contributed by atoms with van der Waals surface area (Å²) in [5.41, 5.74) is 2.29. The molecule has 0 aliphatic carbocycles. The number of hydrogen-bond donors (Lipinski definition) is 1. The summed E-state index contributed by atoms with van der Waals surface area (Å²) in [7, 11) is 0. The van der Waals surface area contributed by atoms with Crippen LogP contribution in [0.25, 0.3) is 10.2 Å². The number of benzene rings is 1. The van der Waals surface area contributed by atoms with Crippen LogP contribution in [0.5, 0.6) is 0 Å². The van der Waals surface area contributed by atoms with Crippen molar-refractivity contribution in [2.75, 3.05) is 0 Å². The minimum atomic E-state index is -0.309. The topological polar surface area (TPSA) is 33.1 Å². The van der Waals surface area contributed by atoms with Crippen LogP contribution in [-0.2, 0) is 6.42 Å². The highest BCUT2D eigenvalue weighted by molar-refractivity contribution is 7.18.